The Kier molecular flexibility index (Phi) is 7.47. The van der Waals surface area contributed by atoms with Crippen LogP contribution in [0.4, 0.5) is 4.39 Å². The Morgan fingerprint density at radius 2 is 1.67 bits per heavy atom. The molecule has 0 aliphatic carbocycles. The van der Waals surface area contributed by atoms with Gasteiger partial charge in [0.2, 0.25) is 5.75 Å². The highest BCUT2D eigenvalue weighted by Crippen LogP contribution is 2.41. The molecule has 0 aliphatic rings. The number of methoxy groups -OCH3 is 3. The van der Waals surface area contributed by atoms with Gasteiger partial charge in [-0.1, -0.05) is 23.9 Å². The van der Waals surface area contributed by atoms with Crippen molar-refractivity contribution in [2.75, 3.05) is 27.1 Å². The summed E-state index contributed by atoms with van der Waals surface area (Å²) in [6.07, 6.45) is 0. The smallest absolute Gasteiger partial charge is 0.316 e. The van der Waals surface area contributed by atoms with Crippen molar-refractivity contribution >= 4 is 17.7 Å². The van der Waals surface area contributed by atoms with E-state index in [-0.39, 0.29) is 11.4 Å². The van der Waals surface area contributed by atoms with Crippen molar-refractivity contribution in [1.82, 2.24) is 14.8 Å². The molecule has 0 spiro atoms. The summed E-state index contributed by atoms with van der Waals surface area (Å²) in [5.74, 6) is 0.691. The fraction of sp³-hybridized carbons (Fsp3) is 0.348. The van der Waals surface area contributed by atoms with Crippen molar-refractivity contribution in [1.29, 1.82) is 0 Å². The van der Waals surface area contributed by atoms with Gasteiger partial charge < -0.3 is 18.9 Å². The number of thioether (sulfide) groups is 1. The highest BCUT2D eigenvalue weighted by molar-refractivity contribution is 7.99. The molecule has 8 nitrogen and oxygen atoms in total. The Bertz CT molecular complexity index is 1120. The van der Waals surface area contributed by atoms with Crippen LogP contribution in [0.15, 0.2) is 41.6 Å². The molecule has 176 valence electrons. The molecule has 0 amide bonds. The minimum atomic E-state index is -0.613. The predicted octanol–water partition coefficient (Wildman–Crippen LogP) is 4.53. The van der Waals surface area contributed by atoms with Crippen LogP contribution in [0.5, 0.6) is 17.2 Å². The van der Waals surface area contributed by atoms with E-state index < -0.39 is 17.4 Å². The summed E-state index contributed by atoms with van der Waals surface area (Å²) < 4.78 is 38.0. The molecule has 0 N–H and O–H groups in total. The summed E-state index contributed by atoms with van der Waals surface area (Å²) in [6, 6.07) is 9.65. The molecule has 0 unspecified atom stereocenters. The lowest BCUT2D eigenvalue weighted by atomic mass is 10.1. The van der Waals surface area contributed by atoms with Crippen LogP contribution in [-0.4, -0.2) is 53.4 Å². The zero-order valence-electron chi connectivity index (χ0n) is 19.3. The van der Waals surface area contributed by atoms with Gasteiger partial charge in [-0.3, -0.25) is 9.36 Å². The number of nitrogens with zero attached hydrogens (tertiary/aromatic N) is 3. The van der Waals surface area contributed by atoms with E-state index in [9.17, 15) is 9.18 Å². The van der Waals surface area contributed by atoms with Crippen LogP contribution in [0, 0.1) is 5.82 Å². The number of carbonyl (C=O) groups excluding carboxylic acids is 1. The van der Waals surface area contributed by atoms with Gasteiger partial charge in [0.25, 0.3) is 0 Å². The fourth-order valence-electron chi connectivity index (χ4n) is 3.11. The topological polar surface area (TPSA) is 84.7 Å². The van der Waals surface area contributed by atoms with Crippen LogP contribution < -0.4 is 14.2 Å². The number of carbonyl (C=O) groups is 1. The van der Waals surface area contributed by atoms with Crippen molar-refractivity contribution in [3.63, 3.8) is 0 Å². The molecule has 0 bridgehead atoms. The quantitative estimate of drug-likeness (QED) is 0.347. The SMILES string of the molecule is COc1cc(-c2nnc(SCC(=O)OC(C)(C)C)n2-c2ccccc2F)cc(OC)c1OC. The summed E-state index contributed by atoms with van der Waals surface area (Å²) >= 11 is 1.10. The van der Waals surface area contributed by atoms with Crippen molar-refractivity contribution in [2.45, 2.75) is 31.5 Å². The maximum Gasteiger partial charge on any atom is 0.316 e. The van der Waals surface area contributed by atoms with Gasteiger partial charge >= 0.3 is 5.97 Å². The van der Waals surface area contributed by atoms with Crippen LogP contribution in [-0.2, 0) is 9.53 Å². The second-order valence-corrected chi connectivity index (χ2v) is 8.82. The van der Waals surface area contributed by atoms with E-state index in [1.54, 1.807) is 55.7 Å². The first-order valence-electron chi connectivity index (χ1n) is 10.0. The molecule has 3 rings (SSSR count). The van der Waals surface area contributed by atoms with Crippen molar-refractivity contribution in [2.24, 2.45) is 0 Å². The number of para-hydroxylation sites is 1. The Hall–Kier alpha value is -3.27. The maximum atomic E-state index is 14.8. The molecule has 0 radical (unpaired) electrons. The first kappa shape index (κ1) is 24.4. The lowest BCUT2D eigenvalue weighted by Crippen LogP contribution is -2.25. The standard InChI is InChI=1S/C23H26FN3O5S/c1-23(2,3)32-19(28)13-33-22-26-25-21(27(22)16-10-8-7-9-15(16)24)14-11-17(29-4)20(31-6)18(12-14)30-5/h7-12H,13H2,1-6H3. The lowest BCUT2D eigenvalue weighted by molar-refractivity contribution is -0.151. The number of halogens is 1. The van der Waals surface area contributed by atoms with Crippen LogP contribution in [0.1, 0.15) is 20.8 Å². The third-order valence-corrected chi connectivity index (χ3v) is 5.29. The van der Waals surface area contributed by atoms with Gasteiger partial charge in [-0.2, -0.15) is 0 Å². The second kappa shape index (κ2) is 10.1. The fourth-order valence-corrected chi connectivity index (χ4v) is 3.82. The Balaban J connectivity index is 2.10. The van der Waals surface area contributed by atoms with Crippen molar-refractivity contribution in [3.8, 4) is 34.3 Å². The zero-order chi connectivity index (χ0) is 24.2. The molecular formula is C23H26FN3O5S. The Morgan fingerprint density at radius 3 is 2.21 bits per heavy atom. The number of hydrogen-bond acceptors (Lipinski definition) is 8. The van der Waals surface area contributed by atoms with E-state index in [1.807, 2.05) is 0 Å². The third kappa shape index (κ3) is 5.57. The van der Waals surface area contributed by atoms with Gasteiger partial charge in [-0.15, -0.1) is 10.2 Å². The number of esters is 1. The highest BCUT2D eigenvalue weighted by Gasteiger charge is 2.23. The maximum absolute atomic E-state index is 14.8. The normalized spacial score (nSPS) is 11.2. The molecule has 0 atom stereocenters. The summed E-state index contributed by atoms with van der Waals surface area (Å²) in [7, 11) is 4.52. The molecular weight excluding hydrogens is 449 g/mol. The molecule has 33 heavy (non-hydrogen) atoms. The molecule has 3 aromatic rings. The second-order valence-electron chi connectivity index (χ2n) is 7.88. The molecule has 2 aromatic carbocycles. The van der Waals surface area contributed by atoms with Gasteiger partial charge in [-0.25, -0.2) is 4.39 Å². The molecule has 0 saturated carbocycles. The number of rotatable bonds is 8. The van der Waals surface area contributed by atoms with Gasteiger partial charge in [-0.05, 0) is 45.0 Å². The average Bonchev–Trinajstić information content (AvgIpc) is 3.19. The van der Waals surface area contributed by atoms with E-state index in [1.165, 1.54) is 27.4 Å². The minimum Gasteiger partial charge on any atom is -0.493 e. The molecule has 1 heterocycles. The van der Waals surface area contributed by atoms with E-state index >= 15 is 0 Å². The van der Waals surface area contributed by atoms with Crippen LogP contribution in [0.25, 0.3) is 17.1 Å². The van der Waals surface area contributed by atoms with Crippen molar-refractivity contribution < 1.29 is 28.1 Å². The summed E-state index contributed by atoms with van der Waals surface area (Å²) in [5.41, 5.74) is 0.181. The number of aromatic nitrogens is 3. The van der Waals surface area contributed by atoms with Gasteiger partial charge in [0, 0.05) is 5.56 Å². The van der Waals surface area contributed by atoms with Crippen LogP contribution in [0.3, 0.4) is 0 Å². The molecule has 1 aromatic heterocycles. The molecule has 10 heteroatoms. The highest BCUT2D eigenvalue weighted by atomic mass is 32.2. The Morgan fingerprint density at radius 1 is 1.03 bits per heavy atom. The van der Waals surface area contributed by atoms with Crippen LogP contribution in [0.2, 0.25) is 0 Å². The number of benzene rings is 2. The van der Waals surface area contributed by atoms with Gasteiger partial charge in [0.05, 0.1) is 32.8 Å². The van der Waals surface area contributed by atoms with E-state index in [4.69, 9.17) is 18.9 Å². The minimum absolute atomic E-state index is 0.0148. The third-order valence-electron chi connectivity index (χ3n) is 4.39. The number of hydrogen-bond donors (Lipinski definition) is 0. The summed E-state index contributed by atoms with van der Waals surface area (Å²) in [5, 5.41) is 8.83. The molecule has 0 saturated heterocycles. The van der Waals surface area contributed by atoms with Gasteiger partial charge in [0.1, 0.15) is 11.4 Å². The van der Waals surface area contributed by atoms with E-state index in [2.05, 4.69) is 10.2 Å². The zero-order valence-corrected chi connectivity index (χ0v) is 20.2. The first-order chi connectivity index (χ1) is 15.7. The summed E-state index contributed by atoms with van der Waals surface area (Å²) in [4.78, 5) is 12.2. The monoisotopic (exact) mass is 475 g/mol. The van der Waals surface area contributed by atoms with Crippen molar-refractivity contribution in [3.05, 3.63) is 42.2 Å². The van der Waals surface area contributed by atoms with E-state index in [0.29, 0.717) is 33.8 Å². The van der Waals surface area contributed by atoms with E-state index in [0.717, 1.165) is 11.8 Å². The Labute approximate surface area is 196 Å². The van der Waals surface area contributed by atoms with Crippen LogP contribution >= 0.6 is 11.8 Å². The van der Waals surface area contributed by atoms with Gasteiger partial charge in [0.15, 0.2) is 22.5 Å². The number of ether oxygens (including phenoxy) is 4. The average molecular weight is 476 g/mol. The molecule has 0 aliphatic heterocycles. The first-order valence-corrected chi connectivity index (χ1v) is 11.0. The largest absolute Gasteiger partial charge is 0.493 e. The summed E-state index contributed by atoms with van der Waals surface area (Å²) in [6.45, 7) is 5.37. The lowest BCUT2D eigenvalue weighted by Gasteiger charge is -2.19. The predicted molar refractivity (Wildman–Crippen MR) is 123 cm³/mol. The molecule has 0 fully saturated rings.